The third-order valence-corrected chi connectivity index (χ3v) is 8.47. The summed E-state index contributed by atoms with van der Waals surface area (Å²) in [7, 11) is 0. The van der Waals surface area contributed by atoms with Crippen LogP contribution >= 0.6 is 0 Å². The number of aromatic nitrogens is 2. The van der Waals surface area contributed by atoms with Gasteiger partial charge in [0, 0.05) is 19.6 Å². The van der Waals surface area contributed by atoms with Crippen LogP contribution in [-0.2, 0) is 13.2 Å². The molecule has 4 rings (SSSR count). The zero-order chi connectivity index (χ0) is 26.2. The standard InChI is InChI=1S/C33H49N3O/c1-6-25(2)10-7-12-29-13-9-20-35(23-29)22-27(4)19-21-36-31-14-8-11-28(5)33(31)34-32(36)24-37-30-17-15-26(3)16-18-30/h8,11,14-18,25,27,29H,6-7,9-10,12-13,19-24H2,1-5H3. The van der Waals surface area contributed by atoms with Gasteiger partial charge in [0.05, 0.1) is 11.0 Å². The predicted octanol–water partition coefficient (Wildman–Crippen LogP) is 8.19. The molecule has 0 spiro atoms. The molecule has 1 saturated heterocycles. The Balaban J connectivity index is 1.34. The Morgan fingerprint density at radius 3 is 2.62 bits per heavy atom. The number of likely N-dealkylation sites (tertiary alicyclic amines) is 1. The molecule has 0 amide bonds. The van der Waals surface area contributed by atoms with Crippen molar-refractivity contribution < 1.29 is 4.74 Å². The Morgan fingerprint density at radius 1 is 1.03 bits per heavy atom. The number of hydrogen-bond acceptors (Lipinski definition) is 3. The maximum Gasteiger partial charge on any atom is 0.148 e. The van der Waals surface area contributed by atoms with Crippen molar-refractivity contribution >= 4 is 11.0 Å². The normalized spacial score (nSPS) is 18.2. The highest BCUT2D eigenvalue weighted by molar-refractivity contribution is 5.79. The van der Waals surface area contributed by atoms with Crippen molar-refractivity contribution in [1.82, 2.24) is 14.5 Å². The topological polar surface area (TPSA) is 30.3 Å². The van der Waals surface area contributed by atoms with Crippen molar-refractivity contribution in [1.29, 1.82) is 0 Å². The highest BCUT2D eigenvalue weighted by Crippen LogP contribution is 2.26. The van der Waals surface area contributed by atoms with Crippen molar-refractivity contribution in [3.05, 3.63) is 59.4 Å². The zero-order valence-corrected chi connectivity index (χ0v) is 24.0. The second-order valence-corrected chi connectivity index (χ2v) is 11.8. The maximum absolute atomic E-state index is 6.16. The van der Waals surface area contributed by atoms with Crippen LogP contribution in [0.1, 0.15) is 82.7 Å². The molecule has 4 nitrogen and oxygen atoms in total. The summed E-state index contributed by atoms with van der Waals surface area (Å²) in [5.41, 5.74) is 4.81. The van der Waals surface area contributed by atoms with Crippen LogP contribution in [0.2, 0.25) is 0 Å². The van der Waals surface area contributed by atoms with Crippen LogP contribution in [0.3, 0.4) is 0 Å². The maximum atomic E-state index is 6.16. The number of nitrogens with zero attached hydrogens (tertiary/aromatic N) is 3. The first kappa shape index (κ1) is 27.7. The van der Waals surface area contributed by atoms with E-state index in [0.29, 0.717) is 12.5 Å². The van der Waals surface area contributed by atoms with Gasteiger partial charge in [0.2, 0.25) is 0 Å². The lowest BCUT2D eigenvalue weighted by Crippen LogP contribution is -2.38. The van der Waals surface area contributed by atoms with Gasteiger partial charge in [0.15, 0.2) is 0 Å². The quantitative estimate of drug-likeness (QED) is 0.235. The smallest absolute Gasteiger partial charge is 0.148 e. The van der Waals surface area contributed by atoms with Crippen molar-refractivity contribution in [3.63, 3.8) is 0 Å². The zero-order valence-electron chi connectivity index (χ0n) is 24.0. The van der Waals surface area contributed by atoms with E-state index in [2.05, 4.69) is 74.4 Å². The van der Waals surface area contributed by atoms with Crippen LogP contribution in [0.4, 0.5) is 0 Å². The van der Waals surface area contributed by atoms with Crippen LogP contribution in [0, 0.1) is 31.6 Å². The van der Waals surface area contributed by atoms with Gasteiger partial charge in [-0.15, -0.1) is 0 Å². The lowest BCUT2D eigenvalue weighted by Gasteiger charge is -2.34. The average Bonchev–Trinajstić information content (AvgIpc) is 3.26. The van der Waals surface area contributed by atoms with Gasteiger partial charge in [-0.2, -0.15) is 0 Å². The Hall–Kier alpha value is -2.33. The number of aryl methyl sites for hydroxylation is 3. The number of benzene rings is 2. The van der Waals surface area contributed by atoms with E-state index in [1.807, 2.05) is 12.1 Å². The molecule has 0 bridgehead atoms. The average molecular weight is 504 g/mol. The minimum atomic E-state index is 0.496. The Bertz CT molecular complexity index is 1100. The van der Waals surface area contributed by atoms with E-state index in [9.17, 15) is 0 Å². The number of para-hydroxylation sites is 1. The largest absolute Gasteiger partial charge is 0.486 e. The molecule has 0 radical (unpaired) electrons. The minimum absolute atomic E-state index is 0.496. The van der Waals surface area contributed by atoms with Crippen molar-refractivity contribution in [3.8, 4) is 5.75 Å². The lowest BCUT2D eigenvalue weighted by molar-refractivity contribution is 0.144. The number of piperidine rings is 1. The summed E-state index contributed by atoms with van der Waals surface area (Å²) in [5, 5.41) is 0. The third kappa shape index (κ3) is 7.83. The molecule has 0 saturated carbocycles. The highest BCUT2D eigenvalue weighted by Gasteiger charge is 2.22. The molecule has 1 aliphatic rings. The molecule has 3 aromatic rings. The summed E-state index contributed by atoms with van der Waals surface area (Å²) < 4.78 is 8.56. The number of hydrogen-bond donors (Lipinski definition) is 0. The predicted molar refractivity (Wildman–Crippen MR) is 156 cm³/mol. The van der Waals surface area contributed by atoms with Crippen LogP contribution < -0.4 is 4.74 Å². The molecule has 1 fully saturated rings. The Kier molecular flexibility index (Phi) is 10.1. The molecule has 2 aromatic carbocycles. The molecule has 202 valence electrons. The van der Waals surface area contributed by atoms with Crippen molar-refractivity contribution in [2.45, 2.75) is 92.7 Å². The first-order valence-electron chi connectivity index (χ1n) is 14.8. The summed E-state index contributed by atoms with van der Waals surface area (Å²) in [6, 6.07) is 14.8. The van der Waals surface area contributed by atoms with Crippen LogP contribution in [0.5, 0.6) is 5.75 Å². The van der Waals surface area contributed by atoms with E-state index in [4.69, 9.17) is 9.72 Å². The fraction of sp³-hybridized carbons (Fsp3) is 0.606. The van der Waals surface area contributed by atoms with E-state index in [1.54, 1.807) is 0 Å². The van der Waals surface area contributed by atoms with Gasteiger partial charge in [-0.3, -0.25) is 0 Å². The molecule has 0 aliphatic carbocycles. The van der Waals surface area contributed by atoms with E-state index in [0.717, 1.165) is 41.9 Å². The van der Waals surface area contributed by atoms with Gasteiger partial charge in [0.25, 0.3) is 0 Å². The SMILES string of the molecule is CCC(C)CCCC1CCCN(CC(C)CCn2c(COc3ccc(C)cc3)nc3c(C)cccc32)C1. The molecule has 2 heterocycles. The monoisotopic (exact) mass is 503 g/mol. The van der Waals surface area contributed by atoms with Crippen LogP contribution in [0.15, 0.2) is 42.5 Å². The summed E-state index contributed by atoms with van der Waals surface area (Å²) >= 11 is 0. The first-order valence-corrected chi connectivity index (χ1v) is 14.8. The number of fused-ring (bicyclic) bond motifs is 1. The van der Waals surface area contributed by atoms with E-state index in [1.165, 1.54) is 74.8 Å². The number of imidazole rings is 1. The summed E-state index contributed by atoms with van der Waals surface area (Å²) in [4.78, 5) is 7.77. The molecule has 3 atom stereocenters. The summed E-state index contributed by atoms with van der Waals surface area (Å²) in [6.07, 6.45) is 9.50. The Labute approximate surface area is 225 Å². The summed E-state index contributed by atoms with van der Waals surface area (Å²) in [5.74, 6) is 4.37. The molecule has 3 unspecified atom stereocenters. The molecule has 1 aromatic heterocycles. The second kappa shape index (κ2) is 13.5. The third-order valence-electron chi connectivity index (χ3n) is 8.47. The van der Waals surface area contributed by atoms with E-state index < -0.39 is 0 Å². The molecule has 4 heteroatoms. The Morgan fingerprint density at radius 2 is 1.84 bits per heavy atom. The number of ether oxygens (including phenoxy) is 1. The van der Waals surface area contributed by atoms with Gasteiger partial charge in [0.1, 0.15) is 18.2 Å². The van der Waals surface area contributed by atoms with Crippen LogP contribution in [0.25, 0.3) is 11.0 Å². The van der Waals surface area contributed by atoms with Gasteiger partial charge < -0.3 is 14.2 Å². The van der Waals surface area contributed by atoms with Gasteiger partial charge in [-0.05, 0) is 87.6 Å². The molecule has 0 N–H and O–H groups in total. The molecule has 37 heavy (non-hydrogen) atoms. The van der Waals surface area contributed by atoms with Gasteiger partial charge in [-0.25, -0.2) is 4.98 Å². The molecular weight excluding hydrogens is 454 g/mol. The highest BCUT2D eigenvalue weighted by atomic mass is 16.5. The van der Waals surface area contributed by atoms with Gasteiger partial charge in [-0.1, -0.05) is 69.9 Å². The molecule has 1 aliphatic heterocycles. The van der Waals surface area contributed by atoms with Crippen molar-refractivity contribution in [2.75, 3.05) is 19.6 Å². The molecular formula is C33H49N3O. The second-order valence-electron chi connectivity index (χ2n) is 11.8. The van der Waals surface area contributed by atoms with Gasteiger partial charge >= 0.3 is 0 Å². The lowest BCUT2D eigenvalue weighted by atomic mass is 9.90. The summed E-state index contributed by atoms with van der Waals surface area (Å²) in [6.45, 7) is 16.7. The number of rotatable bonds is 13. The van der Waals surface area contributed by atoms with E-state index in [-0.39, 0.29) is 0 Å². The van der Waals surface area contributed by atoms with E-state index >= 15 is 0 Å². The van der Waals surface area contributed by atoms with Crippen LogP contribution in [-0.4, -0.2) is 34.1 Å². The fourth-order valence-electron chi connectivity index (χ4n) is 5.87. The fourth-order valence-corrected chi connectivity index (χ4v) is 5.87. The minimum Gasteiger partial charge on any atom is -0.486 e. The van der Waals surface area contributed by atoms with Crippen molar-refractivity contribution in [2.24, 2.45) is 17.8 Å². The first-order chi connectivity index (χ1) is 17.9.